The lowest BCUT2D eigenvalue weighted by molar-refractivity contribution is -0.135. The highest BCUT2D eigenvalue weighted by Crippen LogP contribution is 2.23. The molecule has 1 aromatic rings. The van der Waals surface area contributed by atoms with Crippen LogP contribution >= 0.6 is 0 Å². The lowest BCUT2D eigenvalue weighted by atomic mass is 9.88. The van der Waals surface area contributed by atoms with Gasteiger partial charge in [-0.25, -0.2) is 0 Å². The van der Waals surface area contributed by atoms with Gasteiger partial charge in [0.15, 0.2) is 0 Å². The summed E-state index contributed by atoms with van der Waals surface area (Å²) in [6, 6.07) is 6.81. The van der Waals surface area contributed by atoms with Crippen LogP contribution in [0.3, 0.4) is 0 Å². The van der Waals surface area contributed by atoms with Crippen molar-refractivity contribution in [1.29, 1.82) is 0 Å². The lowest BCUT2D eigenvalue weighted by Crippen LogP contribution is -2.54. The minimum absolute atomic E-state index is 0.0301. The second-order valence-corrected chi connectivity index (χ2v) is 7.17. The number of rotatable bonds is 6. The van der Waals surface area contributed by atoms with E-state index in [0.717, 1.165) is 5.56 Å². The van der Waals surface area contributed by atoms with Crippen LogP contribution in [0.25, 0.3) is 0 Å². The summed E-state index contributed by atoms with van der Waals surface area (Å²) in [5.74, 6) is -0.174. The summed E-state index contributed by atoms with van der Waals surface area (Å²) >= 11 is 0. The number of nitrogens with zero attached hydrogens (tertiary/aromatic N) is 2. The van der Waals surface area contributed by atoms with Gasteiger partial charge in [0.05, 0.1) is 0 Å². The fourth-order valence-electron chi connectivity index (χ4n) is 3.67. The molecule has 27 heavy (non-hydrogen) atoms. The van der Waals surface area contributed by atoms with Crippen molar-refractivity contribution in [3.63, 3.8) is 0 Å². The van der Waals surface area contributed by atoms with Crippen molar-refractivity contribution in [1.82, 2.24) is 15.1 Å². The number of carbonyl (C=O) groups excluding carboxylic acids is 3. The number of hydrogen-bond donors (Lipinski definition) is 1. The average Bonchev–Trinajstić information content (AvgIpc) is 2.66. The van der Waals surface area contributed by atoms with Gasteiger partial charge in [-0.15, -0.1) is 0 Å². The fourth-order valence-corrected chi connectivity index (χ4v) is 3.67. The highest BCUT2D eigenvalue weighted by Gasteiger charge is 2.35. The molecule has 1 atom stereocenters. The van der Waals surface area contributed by atoms with E-state index in [1.165, 1.54) is 0 Å². The molecule has 0 bridgehead atoms. The number of aryl methyl sites for hydroxylation is 1. The van der Waals surface area contributed by atoms with E-state index < -0.39 is 6.04 Å². The van der Waals surface area contributed by atoms with Crippen molar-refractivity contribution < 1.29 is 14.4 Å². The van der Waals surface area contributed by atoms with Gasteiger partial charge in [-0.1, -0.05) is 17.7 Å². The summed E-state index contributed by atoms with van der Waals surface area (Å²) in [6.45, 7) is 9.87. The molecule has 1 saturated heterocycles. The molecule has 1 aliphatic rings. The van der Waals surface area contributed by atoms with Crippen molar-refractivity contribution in [2.45, 2.75) is 46.6 Å². The van der Waals surface area contributed by atoms with Gasteiger partial charge < -0.3 is 15.1 Å². The van der Waals surface area contributed by atoms with Crippen molar-refractivity contribution in [2.75, 3.05) is 26.2 Å². The molecule has 3 amide bonds. The molecule has 6 heteroatoms. The zero-order valence-electron chi connectivity index (χ0n) is 16.8. The average molecular weight is 373 g/mol. The number of amides is 3. The normalized spacial score (nSPS) is 15.9. The van der Waals surface area contributed by atoms with Crippen LogP contribution in [0.5, 0.6) is 0 Å². The van der Waals surface area contributed by atoms with Crippen LogP contribution < -0.4 is 5.32 Å². The first kappa shape index (κ1) is 20.9. The zero-order chi connectivity index (χ0) is 20.0. The van der Waals surface area contributed by atoms with Gasteiger partial charge in [-0.3, -0.25) is 14.4 Å². The monoisotopic (exact) mass is 373 g/mol. The van der Waals surface area contributed by atoms with Crippen LogP contribution in [0.1, 0.15) is 49.5 Å². The maximum atomic E-state index is 13.1. The molecule has 0 aromatic heterocycles. The highest BCUT2D eigenvalue weighted by molar-refractivity contribution is 5.97. The Labute approximate surface area is 161 Å². The molecule has 6 nitrogen and oxygen atoms in total. The Morgan fingerprint density at radius 2 is 1.81 bits per heavy atom. The van der Waals surface area contributed by atoms with Crippen LogP contribution in [0, 0.1) is 12.8 Å². The van der Waals surface area contributed by atoms with Gasteiger partial charge in [0, 0.05) is 38.7 Å². The van der Waals surface area contributed by atoms with Crippen LogP contribution in [-0.4, -0.2) is 59.7 Å². The maximum Gasteiger partial charge on any atom is 0.251 e. The first-order valence-corrected chi connectivity index (χ1v) is 9.79. The Morgan fingerprint density at radius 1 is 1.19 bits per heavy atom. The highest BCUT2D eigenvalue weighted by atomic mass is 16.2. The van der Waals surface area contributed by atoms with Crippen LogP contribution in [0.2, 0.25) is 0 Å². The third kappa shape index (κ3) is 5.31. The predicted molar refractivity (Wildman–Crippen MR) is 105 cm³/mol. The molecule has 0 saturated carbocycles. The Balaban J connectivity index is 2.18. The number of piperidine rings is 1. The van der Waals surface area contributed by atoms with E-state index in [-0.39, 0.29) is 23.6 Å². The molecule has 1 N–H and O–H groups in total. The Hall–Kier alpha value is -2.37. The van der Waals surface area contributed by atoms with Crippen LogP contribution in [0.4, 0.5) is 0 Å². The van der Waals surface area contributed by atoms with Crippen molar-refractivity contribution in [2.24, 2.45) is 5.92 Å². The molecular formula is C21H31N3O3. The third-order valence-corrected chi connectivity index (χ3v) is 5.36. The van der Waals surface area contributed by atoms with Crippen LogP contribution in [-0.2, 0) is 9.59 Å². The van der Waals surface area contributed by atoms with Gasteiger partial charge in [-0.2, -0.15) is 0 Å². The van der Waals surface area contributed by atoms with E-state index in [9.17, 15) is 14.4 Å². The van der Waals surface area contributed by atoms with E-state index >= 15 is 0 Å². The molecule has 1 heterocycles. The van der Waals surface area contributed by atoms with E-state index in [1.807, 2.05) is 39.0 Å². The number of hydrogen-bond acceptors (Lipinski definition) is 3. The molecule has 1 aliphatic heterocycles. The van der Waals surface area contributed by atoms with E-state index in [4.69, 9.17) is 0 Å². The first-order chi connectivity index (χ1) is 12.9. The first-order valence-electron chi connectivity index (χ1n) is 9.79. The fraction of sp³-hybridized carbons (Fsp3) is 0.571. The maximum absolute atomic E-state index is 13.1. The summed E-state index contributed by atoms with van der Waals surface area (Å²) < 4.78 is 0. The predicted octanol–water partition coefficient (Wildman–Crippen LogP) is 2.22. The third-order valence-electron chi connectivity index (χ3n) is 5.36. The molecule has 0 spiro atoms. The van der Waals surface area contributed by atoms with E-state index in [1.54, 1.807) is 22.8 Å². The molecule has 2 rings (SSSR count). The minimum Gasteiger partial charge on any atom is -0.343 e. The second-order valence-electron chi connectivity index (χ2n) is 7.17. The number of likely N-dealkylation sites (tertiary alicyclic amines) is 1. The summed E-state index contributed by atoms with van der Waals surface area (Å²) in [5, 5.41) is 2.99. The number of benzene rings is 1. The topological polar surface area (TPSA) is 69.7 Å². The Kier molecular flexibility index (Phi) is 7.39. The molecule has 0 radical (unpaired) electrons. The molecule has 1 aromatic carbocycles. The van der Waals surface area contributed by atoms with Gasteiger partial charge >= 0.3 is 0 Å². The molecule has 0 unspecified atom stereocenters. The smallest absolute Gasteiger partial charge is 0.251 e. The zero-order valence-corrected chi connectivity index (χ0v) is 16.8. The Bertz CT molecular complexity index is 677. The number of nitrogens with one attached hydrogen (secondary N) is 1. The molecule has 1 fully saturated rings. The van der Waals surface area contributed by atoms with Gasteiger partial charge in [0.1, 0.15) is 6.04 Å². The standard InChI is InChI=1S/C21H31N3O3/c1-5-23(6-2)21(27)19(17-10-12-24(13-11-17)16(4)25)22-20(26)18-9-7-8-15(3)14-18/h7-9,14,17,19H,5-6,10-13H2,1-4H3,(H,22,26)/t19-/m0/s1. The summed E-state index contributed by atoms with van der Waals surface area (Å²) in [4.78, 5) is 41.0. The number of likely N-dealkylation sites (N-methyl/N-ethyl adjacent to an activating group) is 1. The number of carbonyl (C=O) groups is 3. The van der Waals surface area contributed by atoms with Crippen LogP contribution in [0.15, 0.2) is 24.3 Å². The second kappa shape index (κ2) is 9.53. The summed E-state index contributed by atoms with van der Waals surface area (Å²) in [7, 11) is 0. The largest absolute Gasteiger partial charge is 0.343 e. The van der Waals surface area contributed by atoms with E-state index in [0.29, 0.717) is 44.6 Å². The summed E-state index contributed by atoms with van der Waals surface area (Å²) in [5.41, 5.74) is 1.57. The SMILES string of the molecule is CCN(CC)C(=O)[C@@H](NC(=O)c1cccc(C)c1)C1CCN(C(C)=O)CC1. The quantitative estimate of drug-likeness (QED) is 0.831. The van der Waals surface area contributed by atoms with Crippen molar-refractivity contribution in [3.05, 3.63) is 35.4 Å². The Morgan fingerprint density at radius 3 is 2.33 bits per heavy atom. The van der Waals surface area contributed by atoms with Crippen molar-refractivity contribution >= 4 is 17.7 Å². The van der Waals surface area contributed by atoms with Gasteiger partial charge in [0.2, 0.25) is 11.8 Å². The molecular weight excluding hydrogens is 342 g/mol. The van der Waals surface area contributed by atoms with Gasteiger partial charge in [0.25, 0.3) is 5.91 Å². The molecule has 148 valence electrons. The molecule has 0 aliphatic carbocycles. The van der Waals surface area contributed by atoms with Crippen molar-refractivity contribution in [3.8, 4) is 0 Å². The lowest BCUT2D eigenvalue weighted by Gasteiger charge is -2.37. The van der Waals surface area contributed by atoms with E-state index in [2.05, 4.69) is 5.32 Å². The minimum atomic E-state index is -0.563. The van der Waals surface area contributed by atoms with Gasteiger partial charge in [-0.05, 0) is 51.7 Å². The summed E-state index contributed by atoms with van der Waals surface area (Å²) in [6.07, 6.45) is 1.43.